The molecule has 1 aromatic carbocycles. The first-order valence-corrected chi connectivity index (χ1v) is 12.7. The summed E-state index contributed by atoms with van der Waals surface area (Å²) in [6, 6.07) is 7.70. The third-order valence-corrected chi connectivity index (χ3v) is 7.30. The van der Waals surface area contributed by atoms with Crippen LogP contribution in [0.15, 0.2) is 30.5 Å². The van der Waals surface area contributed by atoms with E-state index in [1.807, 2.05) is 22.8 Å². The van der Waals surface area contributed by atoms with Crippen molar-refractivity contribution in [2.45, 2.75) is 38.7 Å². The molecule has 2 aliphatic rings. The summed E-state index contributed by atoms with van der Waals surface area (Å²) in [6.07, 6.45) is 3.54. The molecule has 0 aliphatic carbocycles. The molecule has 0 amide bonds. The normalized spacial score (nSPS) is 18.3. The van der Waals surface area contributed by atoms with Crippen LogP contribution in [0.2, 0.25) is 5.02 Å². The van der Waals surface area contributed by atoms with Crippen LogP contribution in [0.4, 0.5) is 5.82 Å². The van der Waals surface area contributed by atoms with Crippen LogP contribution in [-0.4, -0.2) is 72.3 Å². The molecule has 9 heteroatoms. The fourth-order valence-electron chi connectivity index (χ4n) is 5.07. The molecule has 2 saturated heterocycles. The van der Waals surface area contributed by atoms with Crippen molar-refractivity contribution in [3.8, 4) is 17.0 Å². The highest BCUT2D eigenvalue weighted by Gasteiger charge is 2.44. The molecule has 2 aromatic heterocycles. The molecule has 0 bridgehead atoms. The number of aliphatic hydroxyl groups excluding tert-OH is 1. The van der Waals surface area contributed by atoms with Gasteiger partial charge in [-0.2, -0.15) is 9.61 Å². The molecule has 188 valence electrons. The third kappa shape index (κ3) is 4.98. The Balaban J connectivity index is 1.50. The van der Waals surface area contributed by atoms with Gasteiger partial charge in [0.05, 0.1) is 11.9 Å². The average Bonchev–Trinajstić information content (AvgIpc) is 3.25. The van der Waals surface area contributed by atoms with E-state index in [1.54, 1.807) is 13.1 Å². The van der Waals surface area contributed by atoms with Crippen molar-refractivity contribution < 1.29 is 14.6 Å². The predicted octanol–water partition coefficient (Wildman–Crippen LogP) is 3.75. The summed E-state index contributed by atoms with van der Waals surface area (Å²) in [4.78, 5) is 7.42. The summed E-state index contributed by atoms with van der Waals surface area (Å²) in [5.74, 6) is 1.95. The highest BCUT2D eigenvalue weighted by molar-refractivity contribution is 6.31. The van der Waals surface area contributed by atoms with Crippen LogP contribution in [0.5, 0.6) is 5.75 Å². The maximum absolute atomic E-state index is 10.0. The molecule has 1 spiro atoms. The van der Waals surface area contributed by atoms with Gasteiger partial charge in [-0.15, -0.1) is 0 Å². The Morgan fingerprint density at radius 2 is 1.97 bits per heavy atom. The van der Waals surface area contributed by atoms with Gasteiger partial charge in [-0.25, -0.2) is 4.98 Å². The second kappa shape index (κ2) is 9.93. The van der Waals surface area contributed by atoms with E-state index in [4.69, 9.17) is 31.2 Å². The zero-order valence-electron chi connectivity index (χ0n) is 20.6. The number of halogens is 1. The van der Waals surface area contributed by atoms with Crippen molar-refractivity contribution in [3.63, 3.8) is 0 Å². The molecule has 8 nitrogen and oxygen atoms in total. The first-order chi connectivity index (χ1) is 16.9. The van der Waals surface area contributed by atoms with E-state index >= 15 is 0 Å². The van der Waals surface area contributed by atoms with E-state index in [1.165, 1.54) is 0 Å². The second-order valence-corrected chi connectivity index (χ2v) is 10.6. The summed E-state index contributed by atoms with van der Waals surface area (Å²) >= 11 is 6.47. The highest BCUT2D eigenvalue weighted by Crippen LogP contribution is 2.43. The summed E-state index contributed by atoms with van der Waals surface area (Å²) in [7, 11) is 1.80. The fourth-order valence-corrected chi connectivity index (χ4v) is 5.30. The minimum absolute atomic E-state index is 0.179. The number of hydrogen-bond donors (Lipinski definition) is 2. The molecular weight excluding hydrogens is 466 g/mol. The molecule has 35 heavy (non-hydrogen) atoms. The van der Waals surface area contributed by atoms with Gasteiger partial charge in [0.25, 0.3) is 0 Å². The lowest BCUT2D eigenvalue weighted by Gasteiger charge is -2.53. The van der Waals surface area contributed by atoms with Crippen molar-refractivity contribution in [1.82, 2.24) is 19.9 Å². The maximum Gasteiger partial charge on any atom is 0.161 e. The van der Waals surface area contributed by atoms with Gasteiger partial charge in [0, 0.05) is 60.5 Å². The standard InChI is InChI=1S/C26H34ClN5O3/c1-17(2)22-13-29-32-24(31-15-26(16-31)4-6-34-7-5-26)11-23(30-25(22)32)18-8-19(27)10-21(9-18)35-14-20(33)12-28-3/h8-11,13,17,20,28,33H,4-7,12,14-16H2,1-3H3. The summed E-state index contributed by atoms with van der Waals surface area (Å²) in [6.45, 7) is 8.64. The third-order valence-electron chi connectivity index (χ3n) is 7.08. The number of nitrogens with zero attached hydrogens (tertiary/aromatic N) is 4. The first kappa shape index (κ1) is 24.3. The molecule has 4 heterocycles. The van der Waals surface area contributed by atoms with E-state index in [9.17, 15) is 5.11 Å². The molecule has 1 unspecified atom stereocenters. The van der Waals surface area contributed by atoms with Gasteiger partial charge in [0.2, 0.25) is 0 Å². The Labute approximate surface area is 211 Å². The van der Waals surface area contributed by atoms with Gasteiger partial charge in [-0.05, 0) is 44.0 Å². The van der Waals surface area contributed by atoms with E-state index < -0.39 is 6.10 Å². The van der Waals surface area contributed by atoms with E-state index in [-0.39, 0.29) is 6.61 Å². The number of ether oxygens (including phenoxy) is 2. The van der Waals surface area contributed by atoms with Crippen molar-refractivity contribution in [1.29, 1.82) is 0 Å². The average molecular weight is 500 g/mol. The molecule has 1 atom stereocenters. The van der Waals surface area contributed by atoms with Crippen molar-refractivity contribution in [3.05, 3.63) is 41.0 Å². The number of fused-ring (bicyclic) bond motifs is 1. The SMILES string of the molecule is CNCC(O)COc1cc(Cl)cc(-c2cc(N3CC4(CCOCC4)C3)n3ncc(C(C)C)c3n2)c1. The lowest BCUT2D eigenvalue weighted by Crippen LogP contribution is -2.59. The molecule has 2 aliphatic heterocycles. The minimum Gasteiger partial charge on any atom is -0.491 e. The number of benzene rings is 1. The first-order valence-electron chi connectivity index (χ1n) is 12.4. The smallest absolute Gasteiger partial charge is 0.161 e. The topological polar surface area (TPSA) is 84.1 Å². The Bertz CT molecular complexity index is 1180. The number of aromatic nitrogens is 3. The Hall–Kier alpha value is -2.39. The van der Waals surface area contributed by atoms with Crippen LogP contribution in [-0.2, 0) is 4.74 Å². The lowest BCUT2D eigenvalue weighted by atomic mass is 9.73. The second-order valence-electron chi connectivity index (χ2n) is 10.2. The molecule has 3 aromatic rings. The van der Waals surface area contributed by atoms with Gasteiger partial charge in [-0.1, -0.05) is 25.4 Å². The van der Waals surface area contributed by atoms with Gasteiger partial charge in [0.15, 0.2) is 5.65 Å². The van der Waals surface area contributed by atoms with Crippen molar-refractivity contribution in [2.75, 3.05) is 51.4 Å². The Kier molecular flexibility index (Phi) is 6.90. The van der Waals surface area contributed by atoms with Crippen molar-refractivity contribution in [2.24, 2.45) is 5.41 Å². The predicted molar refractivity (Wildman–Crippen MR) is 138 cm³/mol. The molecule has 2 N–H and O–H groups in total. The van der Waals surface area contributed by atoms with E-state index in [0.717, 1.165) is 67.4 Å². The summed E-state index contributed by atoms with van der Waals surface area (Å²) in [5, 5.41) is 18.2. The van der Waals surface area contributed by atoms with E-state index in [0.29, 0.717) is 28.6 Å². The van der Waals surface area contributed by atoms with Gasteiger partial charge in [0.1, 0.15) is 24.3 Å². The van der Waals surface area contributed by atoms with Gasteiger partial charge >= 0.3 is 0 Å². The number of aliphatic hydroxyl groups is 1. The van der Waals surface area contributed by atoms with Gasteiger partial charge < -0.3 is 24.8 Å². The Morgan fingerprint density at radius 3 is 2.69 bits per heavy atom. The van der Waals surface area contributed by atoms with E-state index in [2.05, 4.69) is 30.1 Å². The van der Waals surface area contributed by atoms with Crippen LogP contribution >= 0.6 is 11.6 Å². The number of likely N-dealkylation sites (N-methyl/N-ethyl adjacent to an activating group) is 1. The van der Waals surface area contributed by atoms with Crippen LogP contribution < -0.4 is 15.0 Å². The fraction of sp³-hybridized carbons (Fsp3) is 0.538. The number of anilines is 1. The largest absolute Gasteiger partial charge is 0.491 e. The van der Waals surface area contributed by atoms with Crippen LogP contribution in [0, 0.1) is 5.41 Å². The van der Waals surface area contributed by atoms with Gasteiger partial charge in [-0.3, -0.25) is 0 Å². The quantitative estimate of drug-likeness (QED) is 0.488. The van der Waals surface area contributed by atoms with Crippen LogP contribution in [0.3, 0.4) is 0 Å². The minimum atomic E-state index is -0.604. The Morgan fingerprint density at radius 1 is 1.20 bits per heavy atom. The molecule has 2 fully saturated rings. The van der Waals surface area contributed by atoms with Crippen molar-refractivity contribution >= 4 is 23.1 Å². The number of hydrogen-bond acceptors (Lipinski definition) is 7. The maximum atomic E-state index is 10.0. The lowest BCUT2D eigenvalue weighted by molar-refractivity contribution is -0.000578. The van der Waals surface area contributed by atoms with Crippen LogP contribution in [0.1, 0.15) is 38.2 Å². The highest BCUT2D eigenvalue weighted by atomic mass is 35.5. The molecule has 0 saturated carbocycles. The summed E-state index contributed by atoms with van der Waals surface area (Å²) < 4.78 is 13.4. The zero-order chi connectivity index (χ0) is 24.6. The zero-order valence-corrected chi connectivity index (χ0v) is 21.4. The summed E-state index contributed by atoms with van der Waals surface area (Å²) in [5.41, 5.74) is 4.02. The molecule has 5 rings (SSSR count). The number of nitrogens with one attached hydrogen (secondary N) is 1. The molecular formula is C26H34ClN5O3. The molecule has 0 radical (unpaired) electrons. The monoisotopic (exact) mass is 499 g/mol. The van der Waals surface area contributed by atoms with Crippen LogP contribution in [0.25, 0.3) is 16.9 Å². The number of rotatable bonds is 8.